The zero-order chi connectivity index (χ0) is 21.1. The van der Waals surface area contributed by atoms with Crippen molar-refractivity contribution in [1.29, 1.82) is 0 Å². The number of ketones is 1. The minimum absolute atomic E-state index is 0.00245. The van der Waals surface area contributed by atoms with E-state index < -0.39 is 25.1 Å². The molecule has 1 fully saturated rings. The molecule has 0 amide bonds. The highest BCUT2D eigenvalue weighted by atomic mass is 35.5. The molecule has 0 spiro atoms. The number of ether oxygens (including phenoxy) is 1. The third kappa shape index (κ3) is 5.35. The fraction of sp³-hybridized carbons (Fsp3) is 0.611. The Morgan fingerprint density at radius 2 is 1.89 bits per heavy atom. The fourth-order valence-electron chi connectivity index (χ4n) is 2.73. The molecule has 156 valence electrons. The van der Waals surface area contributed by atoms with Crippen LogP contribution in [0.1, 0.15) is 57.5 Å². The van der Waals surface area contributed by atoms with E-state index in [0.29, 0.717) is 6.42 Å². The molecule has 1 aliphatic rings. The van der Waals surface area contributed by atoms with Gasteiger partial charge in [0, 0.05) is 12.5 Å². The fourth-order valence-corrected chi connectivity index (χ4v) is 2.90. The first-order chi connectivity index (χ1) is 13.0. The van der Waals surface area contributed by atoms with E-state index in [2.05, 4.69) is 28.6 Å². The largest absolute Gasteiger partial charge is 0.447 e. The number of rotatable bonds is 4. The molecule has 1 atom stereocenters. The highest BCUT2D eigenvalue weighted by Crippen LogP contribution is 2.37. The maximum absolute atomic E-state index is 14.1. The molecule has 1 saturated heterocycles. The Morgan fingerprint density at radius 3 is 2.46 bits per heavy atom. The van der Waals surface area contributed by atoms with Crippen molar-refractivity contribution in [2.45, 2.75) is 58.9 Å². The number of halogens is 4. The Hall–Kier alpha value is -1.87. The smallest absolute Gasteiger partial charge is 0.375 e. The Morgan fingerprint density at radius 1 is 1.25 bits per heavy atom. The molecule has 1 unspecified atom stereocenters. The number of carbonyl (C=O) groups excluding carboxylic acids is 1. The van der Waals surface area contributed by atoms with Crippen molar-refractivity contribution in [3.63, 3.8) is 0 Å². The molecule has 0 aliphatic carbocycles. The number of fused-ring (bicyclic) bond motifs is 1. The van der Waals surface area contributed by atoms with Crippen LogP contribution in [0.4, 0.5) is 19.0 Å². The highest BCUT2D eigenvalue weighted by molar-refractivity contribution is 6.28. The number of carbonyl (C=O) groups is 1. The summed E-state index contributed by atoms with van der Waals surface area (Å²) in [6, 6.07) is 1.37. The molecule has 2 aromatic heterocycles. The lowest BCUT2D eigenvalue weighted by Crippen LogP contribution is -2.55. The predicted molar refractivity (Wildman–Crippen MR) is 99.8 cm³/mol. The predicted octanol–water partition coefficient (Wildman–Crippen LogP) is 5.39. The summed E-state index contributed by atoms with van der Waals surface area (Å²) < 4.78 is 51.1. The van der Waals surface area contributed by atoms with Gasteiger partial charge in [-0.1, -0.05) is 27.2 Å². The number of furan rings is 1. The van der Waals surface area contributed by atoms with Gasteiger partial charge in [0.25, 0.3) is 0 Å². The van der Waals surface area contributed by atoms with Crippen LogP contribution in [-0.4, -0.2) is 40.8 Å². The van der Waals surface area contributed by atoms with Gasteiger partial charge in [0.15, 0.2) is 22.9 Å². The van der Waals surface area contributed by atoms with E-state index in [9.17, 15) is 18.0 Å². The minimum Gasteiger partial charge on any atom is -0.447 e. The SMILES string of the molecule is CCC.CCCC(=O)c1cc2nc(Cl)nc(N3CC(C)(F)OC(F)(F)C3)c2o1. The van der Waals surface area contributed by atoms with Crippen LogP contribution in [0.5, 0.6) is 0 Å². The average molecular weight is 422 g/mol. The number of alkyl halides is 3. The van der Waals surface area contributed by atoms with Crippen molar-refractivity contribution in [3.05, 3.63) is 17.1 Å². The normalized spacial score (nSPS) is 21.4. The Bertz CT molecular complexity index is 826. The van der Waals surface area contributed by atoms with Crippen LogP contribution in [0.2, 0.25) is 5.28 Å². The first-order valence-electron chi connectivity index (χ1n) is 9.04. The molecule has 10 heteroatoms. The zero-order valence-corrected chi connectivity index (χ0v) is 16.9. The Kier molecular flexibility index (Phi) is 6.93. The lowest BCUT2D eigenvalue weighted by molar-refractivity contribution is -0.331. The maximum atomic E-state index is 14.1. The number of aromatic nitrogens is 2. The summed E-state index contributed by atoms with van der Waals surface area (Å²) in [7, 11) is 0. The van der Waals surface area contributed by atoms with Crippen LogP contribution in [0, 0.1) is 0 Å². The van der Waals surface area contributed by atoms with Gasteiger partial charge in [-0.25, -0.2) is 9.37 Å². The maximum Gasteiger partial charge on any atom is 0.375 e. The Labute approximate surface area is 166 Å². The van der Waals surface area contributed by atoms with Crippen molar-refractivity contribution in [2.75, 3.05) is 18.0 Å². The highest BCUT2D eigenvalue weighted by Gasteiger charge is 2.49. The molecule has 0 N–H and O–H groups in total. The van der Waals surface area contributed by atoms with E-state index in [4.69, 9.17) is 16.0 Å². The van der Waals surface area contributed by atoms with Crippen LogP contribution >= 0.6 is 11.6 Å². The van der Waals surface area contributed by atoms with Crippen molar-refractivity contribution < 1.29 is 27.1 Å². The quantitative estimate of drug-likeness (QED) is 0.487. The summed E-state index contributed by atoms with van der Waals surface area (Å²) in [4.78, 5) is 20.8. The molecular weight excluding hydrogens is 399 g/mol. The van der Waals surface area contributed by atoms with Crippen molar-refractivity contribution >= 4 is 34.3 Å². The van der Waals surface area contributed by atoms with Crippen molar-refractivity contribution in [1.82, 2.24) is 9.97 Å². The molecule has 3 rings (SSSR count). The molecule has 6 nitrogen and oxygen atoms in total. The molecule has 2 aromatic rings. The summed E-state index contributed by atoms with van der Waals surface area (Å²) >= 11 is 5.85. The van der Waals surface area contributed by atoms with E-state index in [1.807, 2.05) is 6.92 Å². The number of morpholine rings is 1. The van der Waals surface area contributed by atoms with Crippen LogP contribution in [0.3, 0.4) is 0 Å². The van der Waals surface area contributed by atoms with Crippen LogP contribution in [0.25, 0.3) is 11.1 Å². The van der Waals surface area contributed by atoms with Gasteiger partial charge >= 0.3 is 6.11 Å². The van der Waals surface area contributed by atoms with Gasteiger partial charge in [0.1, 0.15) is 12.1 Å². The average Bonchev–Trinajstić information content (AvgIpc) is 2.96. The third-order valence-corrected chi connectivity index (χ3v) is 3.76. The number of hydrogen-bond donors (Lipinski definition) is 0. The second kappa shape index (κ2) is 8.65. The van der Waals surface area contributed by atoms with E-state index >= 15 is 0 Å². The zero-order valence-electron chi connectivity index (χ0n) is 16.2. The van der Waals surface area contributed by atoms with E-state index in [0.717, 1.165) is 11.8 Å². The van der Waals surface area contributed by atoms with Gasteiger partial charge in [-0.3, -0.25) is 9.53 Å². The summed E-state index contributed by atoms with van der Waals surface area (Å²) in [6.45, 7) is 5.53. The van der Waals surface area contributed by atoms with E-state index in [-0.39, 0.29) is 40.2 Å². The summed E-state index contributed by atoms with van der Waals surface area (Å²) in [5.74, 6) is -2.95. The number of Topliss-reactive ketones (excluding diaryl/α,β-unsaturated/α-hetero) is 1. The lowest BCUT2D eigenvalue weighted by atomic mass is 10.2. The number of hydrogen-bond acceptors (Lipinski definition) is 6. The number of anilines is 1. The molecule has 0 aromatic carbocycles. The summed E-state index contributed by atoms with van der Waals surface area (Å²) in [6.07, 6.45) is -1.60. The topological polar surface area (TPSA) is 68.5 Å². The molecule has 0 bridgehead atoms. The van der Waals surface area contributed by atoms with E-state index in [1.165, 1.54) is 12.5 Å². The van der Waals surface area contributed by atoms with Gasteiger partial charge in [0.2, 0.25) is 11.1 Å². The van der Waals surface area contributed by atoms with Crippen molar-refractivity contribution in [3.8, 4) is 0 Å². The molecule has 0 saturated carbocycles. The molecule has 28 heavy (non-hydrogen) atoms. The second-order valence-electron chi connectivity index (χ2n) is 6.72. The molecular formula is C18H23ClF3N3O3. The van der Waals surface area contributed by atoms with Crippen LogP contribution in [0.15, 0.2) is 10.5 Å². The third-order valence-electron chi connectivity index (χ3n) is 3.59. The molecule has 3 heterocycles. The minimum atomic E-state index is -3.72. The number of nitrogens with zero attached hydrogens (tertiary/aromatic N) is 3. The van der Waals surface area contributed by atoms with Gasteiger partial charge < -0.3 is 9.32 Å². The molecule has 1 aliphatic heterocycles. The lowest BCUT2D eigenvalue weighted by Gasteiger charge is -2.39. The first kappa shape index (κ1) is 22.4. The van der Waals surface area contributed by atoms with Crippen LogP contribution in [-0.2, 0) is 4.74 Å². The van der Waals surface area contributed by atoms with Crippen molar-refractivity contribution in [2.24, 2.45) is 0 Å². The standard InChI is InChI=1S/C15H15ClF3N3O3.C3H8/c1-3-4-9(23)10-5-8-11(24-10)12(21-13(16)20-8)22-6-14(2,17)25-15(18,19)7-22;1-3-2/h5H,3-4,6-7H2,1-2H3;3H2,1-2H3. The first-order valence-corrected chi connectivity index (χ1v) is 9.41. The summed E-state index contributed by atoms with van der Waals surface area (Å²) in [5, 5.41) is -0.229. The van der Waals surface area contributed by atoms with Crippen LogP contribution < -0.4 is 4.90 Å². The van der Waals surface area contributed by atoms with Gasteiger partial charge in [0.05, 0.1) is 6.54 Å². The van der Waals surface area contributed by atoms with Gasteiger partial charge in [-0.2, -0.15) is 13.8 Å². The van der Waals surface area contributed by atoms with E-state index in [1.54, 1.807) is 0 Å². The monoisotopic (exact) mass is 421 g/mol. The summed E-state index contributed by atoms with van der Waals surface area (Å²) in [5.41, 5.74) is 0.183. The van der Waals surface area contributed by atoms with Gasteiger partial charge in [-0.15, -0.1) is 0 Å². The Balaban J connectivity index is 0.000000878. The second-order valence-corrected chi connectivity index (χ2v) is 7.06. The molecule has 0 radical (unpaired) electrons. The van der Waals surface area contributed by atoms with Gasteiger partial charge in [-0.05, 0) is 24.9 Å².